The molecule has 0 saturated heterocycles. The lowest BCUT2D eigenvalue weighted by atomic mass is 9.73. The fourth-order valence-electron chi connectivity index (χ4n) is 3.58. The Bertz CT molecular complexity index is 793. The van der Waals surface area contributed by atoms with Crippen molar-refractivity contribution in [2.75, 3.05) is 28.1 Å². The Hall–Kier alpha value is -2.46. The fourth-order valence-corrected chi connectivity index (χ4v) is 3.58. The molecule has 0 aliphatic heterocycles. The van der Waals surface area contributed by atoms with E-state index in [1.54, 1.807) is 21.3 Å². The average Bonchev–Trinajstić information content (AvgIpc) is 2.67. The van der Waals surface area contributed by atoms with Crippen molar-refractivity contribution in [2.24, 2.45) is 5.92 Å². The average molecular weight is 354 g/mol. The molecule has 0 radical (unpaired) electrons. The molecule has 0 N–H and O–H groups in total. The Labute approximate surface area is 155 Å². The van der Waals surface area contributed by atoms with Gasteiger partial charge in [-0.05, 0) is 53.8 Å². The smallest absolute Gasteiger partial charge is 0.188 e. The van der Waals surface area contributed by atoms with Crippen LogP contribution in [0.3, 0.4) is 0 Å². The van der Waals surface area contributed by atoms with E-state index in [-0.39, 0.29) is 12.7 Å². The van der Waals surface area contributed by atoms with Crippen molar-refractivity contribution in [3.05, 3.63) is 58.7 Å². The van der Waals surface area contributed by atoms with E-state index in [1.165, 1.54) is 22.3 Å². The van der Waals surface area contributed by atoms with Crippen LogP contribution in [-0.2, 0) is 4.74 Å². The third-order valence-corrected chi connectivity index (χ3v) is 5.11. The second-order valence-electron chi connectivity index (χ2n) is 6.61. The molecule has 0 fully saturated rings. The number of benzene rings is 2. The molecule has 3 rings (SSSR count). The summed E-state index contributed by atoms with van der Waals surface area (Å²) in [5, 5.41) is 0. The molecule has 2 aromatic carbocycles. The van der Waals surface area contributed by atoms with Gasteiger partial charge >= 0.3 is 0 Å². The monoisotopic (exact) mass is 354 g/mol. The Balaban J connectivity index is 2.03. The largest absolute Gasteiger partial charge is 0.493 e. The minimum Gasteiger partial charge on any atom is -0.493 e. The SMILES string of the molecule is COCOc1ccc([C@@H]2c3cc(OC)c(OC)cc3C=C(C)[C@H]2C)cc1. The molecule has 2 atom stereocenters. The van der Waals surface area contributed by atoms with Gasteiger partial charge in [-0.25, -0.2) is 0 Å². The Kier molecular flexibility index (Phi) is 5.52. The fraction of sp³-hybridized carbons (Fsp3) is 0.364. The molecule has 0 amide bonds. The van der Waals surface area contributed by atoms with Crippen LogP contribution in [0.25, 0.3) is 6.08 Å². The number of fused-ring (bicyclic) bond motifs is 1. The van der Waals surface area contributed by atoms with Crippen LogP contribution >= 0.6 is 0 Å². The summed E-state index contributed by atoms with van der Waals surface area (Å²) in [5.74, 6) is 2.97. The molecule has 0 unspecified atom stereocenters. The van der Waals surface area contributed by atoms with Gasteiger partial charge in [0.15, 0.2) is 18.3 Å². The van der Waals surface area contributed by atoms with E-state index >= 15 is 0 Å². The molecule has 138 valence electrons. The summed E-state index contributed by atoms with van der Waals surface area (Å²) in [7, 11) is 4.96. The summed E-state index contributed by atoms with van der Waals surface area (Å²) in [6.07, 6.45) is 2.24. The van der Waals surface area contributed by atoms with Gasteiger partial charge < -0.3 is 18.9 Å². The summed E-state index contributed by atoms with van der Waals surface area (Å²) >= 11 is 0. The van der Waals surface area contributed by atoms with Crippen LogP contribution in [-0.4, -0.2) is 28.1 Å². The number of hydrogen-bond donors (Lipinski definition) is 0. The highest BCUT2D eigenvalue weighted by Crippen LogP contribution is 2.46. The molecule has 4 nitrogen and oxygen atoms in total. The van der Waals surface area contributed by atoms with Gasteiger partial charge in [0.05, 0.1) is 14.2 Å². The van der Waals surface area contributed by atoms with Crippen LogP contribution in [0.15, 0.2) is 42.0 Å². The highest BCUT2D eigenvalue weighted by molar-refractivity contribution is 5.67. The Morgan fingerprint density at radius 2 is 1.58 bits per heavy atom. The van der Waals surface area contributed by atoms with Crippen LogP contribution in [0.1, 0.15) is 36.5 Å². The van der Waals surface area contributed by atoms with Gasteiger partial charge in [0.25, 0.3) is 0 Å². The Morgan fingerprint density at radius 3 is 2.19 bits per heavy atom. The molecule has 1 aliphatic rings. The maximum absolute atomic E-state index is 5.53. The number of hydrogen-bond acceptors (Lipinski definition) is 4. The predicted octanol–water partition coefficient (Wildman–Crippen LogP) is 4.87. The molecule has 0 bridgehead atoms. The molecule has 26 heavy (non-hydrogen) atoms. The molecule has 1 aliphatic carbocycles. The van der Waals surface area contributed by atoms with Crippen LogP contribution in [0, 0.1) is 5.92 Å². The predicted molar refractivity (Wildman–Crippen MR) is 103 cm³/mol. The first kappa shape index (κ1) is 18.3. The van der Waals surface area contributed by atoms with Gasteiger partial charge in [0.2, 0.25) is 0 Å². The first-order chi connectivity index (χ1) is 12.6. The first-order valence-corrected chi connectivity index (χ1v) is 8.74. The van der Waals surface area contributed by atoms with E-state index < -0.39 is 0 Å². The van der Waals surface area contributed by atoms with Gasteiger partial charge in [0, 0.05) is 13.0 Å². The lowest BCUT2D eigenvalue weighted by Crippen LogP contribution is -2.18. The van der Waals surface area contributed by atoms with Gasteiger partial charge in [-0.15, -0.1) is 0 Å². The molecule has 2 aromatic rings. The number of rotatable bonds is 6. The minimum absolute atomic E-state index is 0.251. The van der Waals surface area contributed by atoms with E-state index in [0.29, 0.717) is 5.92 Å². The van der Waals surface area contributed by atoms with Crippen LogP contribution in [0.2, 0.25) is 0 Å². The van der Waals surface area contributed by atoms with Gasteiger partial charge in [-0.3, -0.25) is 0 Å². The highest BCUT2D eigenvalue weighted by atomic mass is 16.7. The zero-order chi connectivity index (χ0) is 18.7. The van der Waals surface area contributed by atoms with Crippen LogP contribution in [0.5, 0.6) is 17.2 Å². The van der Waals surface area contributed by atoms with Crippen molar-refractivity contribution in [3.8, 4) is 17.2 Å². The molecular weight excluding hydrogens is 328 g/mol. The van der Waals surface area contributed by atoms with Gasteiger partial charge in [0.1, 0.15) is 5.75 Å². The topological polar surface area (TPSA) is 36.9 Å². The van der Waals surface area contributed by atoms with Crippen molar-refractivity contribution < 1.29 is 18.9 Å². The zero-order valence-electron chi connectivity index (χ0n) is 16.0. The lowest BCUT2D eigenvalue weighted by molar-refractivity contribution is 0.0511. The van der Waals surface area contributed by atoms with E-state index in [9.17, 15) is 0 Å². The molecule has 0 spiro atoms. The van der Waals surface area contributed by atoms with Gasteiger partial charge in [-0.1, -0.05) is 30.7 Å². The second kappa shape index (κ2) is 7.83. The number of ether oxygens (including phenoxy) is 4. The second-order valence-corrected chi connectivity index (χ2v) is 6.61. The number of methoxy groups -OCH3 is 3. The maximum atomic E-state index is 5.53. The third-order valence-electron chi connectivity index (χ3n) is 5.11. The highest BCUT2D eigenvalue weighted by Gasteiger charge is 2.29. The summed E-state index contributed by atoms with van der Waals surface area (Å²) < 4.78 is 21.5. The van der Waals surface area contributed by atoms with Gasteiger partial charge in [-0.2, -0.15) is 0 Å². The normalized spacial score (nSPS) is 18.7. The van der Waals surface area contributed by atoms with Crippen molar-refractivity contribution >= 4 is 6.08 Å². The van der Waals surface area contributed by atoms with Crippen molar-refractivity contribution in [1.82, 2.24) is 0 Å². The van der Waals surface area contributed by atoms with E-state index in [1.807, 2.05) is 12.1 Å². The summed E-state index contributed by atoms with van der Waals surface area (Å²) in [5.41, 5.74) is 5.05. The standard InChI is InChI=1S/C22H26O4/c1-14-10-17-11-20(24-4)21(25-5)12-19(17)22(15(14)2)16-6-8-18(9-7-16)26-13-23-3/h6-12,15,22H,13H2,1-5H3/t15-,22-/m1/s1. The van der Waals surface area contributed by atoms with E-state index in [4.69, 9.17) is 18.9 Å². The lowest BCUT2D eigenvalue weighted by Gasteiger charge is -2.32. The summed E-state index contributed by atoms with van der Waals surface area (Å²) in [6, 6.07) is 12.4. The summed E-state index contributed by atoms with van der Waals surface area (Å²) in [6.45, 7) is 4.71. The summed E-state index contributed by atoms with van der Waals surface area (Å²) in [4.78, 5) is 0. The Morgan fingerprint density at radius 1 is 0.923 bits per heavy atom. The number of allylic oxidation sites excluding steroid dienone is 1. The zero-order valence-corrected chi connectivity index (χ0v) is 16.0. The minimum atomic E-state index is 0.251. The van der Waals surface area contributed by atoms with Crippen molar-refractivity contribution in [2.45, 2.75) is 19.8 Å². The van der Waals surface area contributed by atoms with Crippen LogP contribution < -0.4 is 14.2 Å². The van der Waals surface area contributed by atoms with Crippen molar-refractivity contribution in [3.63, 3.8) is 0 Å². The maximum Gasteiger partial charge on any atom is 0.188 e. The molecule has 0 saturated carbocycles. The third kappa shape index (κ3) is 3.42. The van der Waals surface area contributed by atoms with Crippen LogP contribution in [0.4, 0.5) is 0 Å². The molecule has 0 heterocycles. The quantitative estimate of drug-likeness (QED) is 0.694. The molecular formula is C22H26O4. The molecule has 0 aromatic heterocycles. The van der Waals surface area contributed by atoms with Crippen molar-refractivity contribution in [1.29, 1.82) is 0 Å². The van der Waals surface area contributed by atoms with E-state index in [2.05, 4.69) is 44.2 Å². The van der Waals surface area contributed by atoms with E-state index in [0.717, 1.165) is 17.2 Å². The molecule has 4 heteroatoms. The first-order valence-electron chi connectivity index (χ1n) is 8.74.